The summed E-state index contributed by atoms with van der Waals surface area (Å²) in [5.74, 6) is -0.340. The molecule has 0 bridgehead atoms. The average Bonchev–Trinajstić information content (AvgIpc) is 2.52. The van der Waals surface area contributed by atoms with E-state index >= 15 is 0 Å². The molecule has 4 nitrogen and oxygen atoms in total. The third-order valence-corrected chi connectivity index (χ3v) is 2.67. The molecule has 1 aliphatic heterocycles. The number of aldehydes is 1. The van der Waals surface area contributed by atoms with Crippen molar-refractivity contribution in [1.82, 2.24) is 0 Å². The summed E-state index contributed by atoms with van der Waals surface area (Å²) < 4.78 is 5.15. The van der Waals surface area contributed by atoms with Crippen LogP contribution in [0.4, 0.5) is 5.69 Å². The number of benzene rings is 1. The van der Waals surface area contributed by atoms with Crippen molar-refractivity contribution in [3.8, 4) is 5.75 Å². The number of methoxy groups -OCH3 is 1. The van der Waals surface area contributed by atoms with Crippen LogP contribution in [0.3, 0.4) is 0 Å². The van der Waals surface area contributed by atoms with Crippen molar-refractivity contribution in [3.63, 3.8) is 0 Å². The van der Waals surface area contributed by atoms with Crippen molar-refractivity contribution in [1.29, 1.82) is 0 Å². The molecule has 78 valence electrons. The molecule has 0 aromatic heterocycles. The Labute approximate surface area is 87.4 Å². The maximum Gasteiger partial charge on any atom is 0.241 e. The van der Waals surface area contributed by atoms with Gasteiger partial charge in [0.2, 0.25) is 5.91 Å². The molecule has 1 aromatic rings. The zero-order valence-electron chi connectivity index (χ0n) is 8.56. The predicted octanol–water partition coefficient (Wildman–Crippen LogP) is 0.954. The molecule has 0 N–H and O–H groups in total. The molecular formula is C11H11NO3. The summed E-state index contributed by atoms with van der Waals surface area (Å²) in [6.07, 6.45) is 0.660. The number of carbonyl (C=O) groups is 2. The number of hydrogen-bond acceptors (Lipinski definition) is 3. The quantitative estimate of drug-likeness (QED) is 0.533. The first-order chi connectivity index (χ1) is 7.20. The fourth-order valence-corrected chi connectivity index (χ4v) is 1.89. The van der Waals surface area contributed by atoms with Gasteiger partial charge in [-0.15, -0.1) is 0 Å². The first-order valence-corrected chi connectivity index (χ1v) is 4.60. The van der Waals surface area contributed by atoms with Gasteiger partial charge in [-0.05, 0) is 12.1 Å². The summed E-state index contributed by atoms with van der Waals surface area (Å²) in [4.78, 5) is 24.1. The Morgan fingerprint density at radius 1 is 1.47 bits per heavy atom. The molecule has 2 rings (SSSR count). The molecule has 0 fully saturated rings. The minimum Gasteiger partial charge on any atom is -0.496 e. The molecule has 1 aliphatic rings. The lowest BCUT2D eigenvalue weighted by Gasteiger charge is -2.10. The van der Waals surface area contributed by atoms with Crippen molar-refractivity contribution >= 4 is 17.9 Å². The minimum absolute atomic E-state index is 0.204. The van der Waals surface area contributed by atoms with E-state index in [-0.39, 0.29) is 5.91 Å². The van der Waals surface area contributed by atoms with Crippen LogP contribution in [0.25, 0.3) is 0 Å². The van der Waals surface area contributed by atoms with Gasteiger partial charge in [0.25, 0.3) is 0 Å². The summed E-state index contributed by atoms with van der Waals surface area (Å²) in [5, 5.41) is 0. The highest BCUT2D eigenvalue weighted by atomic mass is 16.5. The number of rotatable bonds is 2. The summed E-state index contributed by atoms with van der Waals surface area (Å²) in [6.45, 7) is 0. The Hall–Kier alpha value is -1.84. The second kappa shape index (κ2) is 3.38. The van der Waals surface area contributed by atoms with Crippen molar-refractivity contribution in [3.05, 3.63) is 23.8 Å². The van der Waals surface area contributed by atoms with E-state index in [2.05, 4.69) is 0 Å². The maximum absolute atomic E-state index is 11.7. The summed E-state index contributed by atoms with van der Waals surface area (Å²) >= 11 is 0. The van der Waals surface area contributed by atoms with Crippen LogP contribution in [0.15, 0.2) is 18.2 Å². The van der Waals surface area contributed by atoms with E-state index in [1.165, 1.54) is 12.0 Å². The van der Waals surface area contributed by atoms with Crippen molar-refractivity contribution in [2.24, 2.45) is 0 Å². The van der Waals surface area contributed by atoms with Crippen molar-refractivity contribution in [2.75, 3.05) is 19.1 Å². The Morgan fingerprint density at radius 3 is 2.80 bits per heavy atom. The van der Waals surface area contributed by atoms with Crippen molar-refractivity contribution in [2.45, 2.75) is 5.92 Å². The van der Waals surface area contributed by atoms with Gasteiger partial charge in [-0.3, -0.25) is 4.79 Å². The number of amides is 1. The molecule has 1 aromatic carbocycles. The SMILES string of the molecule is COc1cccc2c1C(C=O)C(=O)N2C. The van der Waals surface area contributed by atoms with Gasteiger partial charge in [-0.25, -0.2) is 0 Å². The van der Waals surface area contributed by atoms with Gasteiger partial charge in [0.15, 0.2) is 0 Å². The van der Waals surface area contributed by atoms with E-state index < -0.39 is 5.92 Å². The third kappa shape index (κ3) is 1.21. The summed E-state index contributed by atoms with van der Waals surface area (Å²) in [5.41, 5.74) is 1.42. The monoisotopic (exact) mass is 205 g/mol. The summed E-state index contributed by atoms with van der Waals surface area (Å²) in [7, 11) is 3.18. The Morgan fingerprint density at radius 2 is 2.20 bits per heavy atom. The van der Waals surface area contributed by atoms with Gasteiger partial charge >= 0.3 is 0 Å². The maximum atomic E-state index is 11.7. The molecule has 1 heterocycles. The van der Waals surface area contributed by atoms with Gasteiger partial charge in [0.1, 0.15) is 18.0 Å². The first kappa shape index (κ1) is 9.71. The van der Waals surface area contributed by atoms with Crippen molar-refractivity contribution < 1.29 is 14.3 Å². The number of hydrogen-bond donors (Lipinski definition) is 0. The molecule has 0 radical (unpaired) electrons. The molecule has 1 amide bonds. The van der Waals surface area contributed by atoms with Crippen LogP contribution >= 0.6 is 0 Å². The van der Waals surface area contributed by atoms with Crippen LogP contribution in [-0.4, -0.2) is 26.4 Å². The average molecular weight is 205 g/mol. The Bertz CT molecular complexity index is 428. The molecule has 0 aliphatic carbocycles. The number of fused-ring (bicyclic) bond motifs is 1. The van der Waals surface area contributed by atoms with Crippen LogP contribution in [0.5, 0.6) is 5.75 Å². The minimum atomic E-state index is -0.721. The van der Waals surface area contributed by atoms with Gasteiger partial charge in [0, 0.05) is 12.6 Å². The number of likely N-dealkylation sites (N-methyl/N-ethyl adjacent to an activating group) is 1. The fraction of sp³-hybridized carbons (Fsp3) is 0.273. The zero-order chi connectivity index (χ0) is 11.0. The molecule has 15 heavy (non-hydrogen) atoms. The zero-order valence-corrected chi connectivity index (χ0v) is 8.56. The number of nitrogens with zero attached hydrogens (tertiary/aromatic N) is 1. The number of ether oxygens (including phenoxy) is 1. The summed E-state index contributed by atoms with van der Waals surface area (Å²) in [6, 6.07) is 5.36. The standard InChI is InChI=1S/C11H11NO3/c1-12-8-4-3-5-9(15-2)10(8)7(6-13)11(12)14/h3-7H,1-2H3. The van der Waals surface area contributed by atoms with E-state index in [4.69, 9.17) is 4.74 Å². The Balaban J connectivity index is 2.65. The number of anilines is 1. The van der Waals surface area contributed by atoms with Crippen LogP contribution in [0.2, 0.25) is 0 Å². The lowest BCUT2D eigenvalue weighted by Crippen LogP contribution is -2.24. The van der Waals surface area contributed by atoms with Crippen LogP contribution in [0, 0.1) is 0 Å². The molecular weight excluding hydrogens is 194 g/mol. The van der Waals surface area contributed by atoms with Gasteiger partial charge in [0.05, 0.1) is 12.8 Å². The highest BCUT2D eigenvalue weighted by molar-refractivity contribution is 6.13. The largest absolute Gasteiger partial charge is 0.496 e. The van der Waals surface area contributed by atoms with E-state index in [0.29, 0.717) is 17.6 Å². The molecule has 4 heteroatoms. The van der Waals surface area contributed by atoms with Gasteiger partial charge < -0.3 is 14.4 Å². The fourth-order valence-electron chi connectivity index (χ4n) is 1.89. The molecule has 1 atom stereocenters. The molecule has 0 saturated carbocycles. The third-order valence-electron chi connectivity index (χ3n) is 2.67. The molecule has 0 saturated heterocycles. The van der Waals surface area contributed by atoms with Crippen LogP contribution in [0.1, 0.15) is 11.5 Å². The normalized spacial score (nSPS) is 18.9. The van der Waals surface area contributed by atoms with Crippen LogP contribution in [-0.2, 0) is 9.59 Å². The second-order valence-corrected chi connectivity index (χ2v) is 3.40. The molecule has 0 spiro atoms. The number of carbonyl (C=O) groups excluding carboxylic acids is 2. The van der Waals surface area contributed by atoms with Gasteiger partial charge in [-0.2, -0.15) is 0 Å². The topological polar surface area (TPSA) is 46.6 Å². The van der Waals surface area contributed by atoms with Gasteiger partial charge in [-0.1, -0.05) is 6.07 Å². The highest BCUT2D eigenvalue weighted by Crippen LogP contribution is 2.41. The Kier molecular flexibility index (Phi) is 2.19. The lowest BCUT2D eigenvalue weighted by molar-refractivity contribution is -0.122. The van der Waals surface area contributed by atoms with E-state index in [1.54, 1.807) is 25.2 Å². The lowest BCUT2D eigenvalue weighted by atomic mass is 10.0. The van der Waals surface area contributed by atoms with E-state index in [9.17, 15) is 9.59 Å². The second-order valence-electron chi connectivity index (χ2n) is 3.40. The predicted molar refractivity (Wildman–Crippen MR) is 55.2 cm³/mol. The molecule has 1 unspecified atom stereocenters. The van der Waals surface area contributed by atoms with E-state index in [0.717, 1.165) is 5.69 Å². The van der Waals surface area contributed by atoms with E-state index in [1.807, 2.05) is 0 Å². The van der Waals surface area contributed by atoms with Crippen LogP contribution < -0.4 is 9.64 Å². The smallest absolute Gasteiger partial charge is 0.241 e. The first-order valence-electron chi connectivity index (χ1n) is 4.60. The highest BCUT2D eigenvalue weighted by Gasteiger charge is 2.37.